The predicted octanol–water partition coefficient (Wildman–Crippen LogP) is 3.53. The van der Waals surface area contributed by atoms with Crippen LogP contribution in [0.4, 0.5) is 5.13 Å². The molecular weight excluding hydrogens is 440 g/mol. The van der Waals surface area contributed by atoms with Crippen LogP contribution >= 0.6 is 11.3 Å². The lowest BCUT2D eigenvalue weighted by Crippen LogP contribution is -2.42. The number of amides is 3. The van der Waals surface area contributed by atoms with Gasteiger partial charge in [0.15, 0.2) is 5.13 Å². The molecule has 0 saturated carbocycles. The summed E-state index contributed by atoms with van der Waals surface area (Å²) in [5, 5.41) is 0.462. The van der Waals surface area contributed by atoms with E-state index in [1.54, 1.807) is 55.9 Å². The SMILES string of the molecule is COc1ccc2sc(N(Cc3cccnc3)C(=O)CN3C(=O)c4ccccc4C3=O)nc2c1. The molecule has 2 aromatic carbocycles. The van der Waals surface area contributed by atoms with Crippen molar-refractivity contribution < 1.29 is 19.1 Å². The van der Waals surface area contributed by atoms with Gasteiger partial charge in [-0.25, -0.2) is 4.98 Å². The van der Waals surface area contributed by atoms with E-state index in [0.717, 1.165) is 15.2 Å². The number of methoxy groups -OCH3 is 1. The highest BCUT2D eigenvalue weighted by Gasteiger charge is 2.37. The summed E-state index contributed by atoms with van der Waals surface area (Å²) in [5.74, 6) is -0.700. The number of benzene rings is 2. The molecule has 9 heteroatoms. The summed E-state index contributed by atoms with van der Waals surface area (Å²) in [6.45, 7) is -0.182. The van der Waals surface area contributed by atoms with Crippen molar-refractivity contribution in [1.82, 2.24) is 14.9 Å². The fraction of sp³-hybridized carbons (Fsp3) is 0.125. The van der Waals surface area contributed by atoms with Gasteiger partial charge in [-0.15, -0.1) is 0 Å². The minimum absolute atomic E-state index is 0.201. The molecule has 3 heterocycles. The number of ether oxygens (including phenoxy) is 1. The van der Waals surface area contributed by atoms with Crippen molar-refractivity contribution in [1.29, 1.82) is 0 Å². The fourth-order valence-corrected chi connectivity index (χ4v) is 4.64. The summed E-state index contributed by atoms with van der Waals surface area (Å²) in [5.41, 5.74) is 2.10. The van der Waals surface area contributed by atoms with Crippen LogP contribution in [0.1, 0.15) is 26.3 Å². The molecule has 0 atom stereocenters. The second-order valence-electron chi connectivity index (χ2n) is 7.41. The number of aromatic nitrogens is 2. The van der Waals surface area contributed by atoms with Crippen molar-refractivity contribution in [2.24, 2.45) is 0 Å². The summed E-state index contributed by atoms with van der Waals surface area (Å²) in [7, 11) is 1.58. The number of rotatable bonds is 6. The van der Waals surface area contributed by atoms with Crippen LogP contribution in [0, 0.1) is 0 Å². The molecule has 0 fully saturated rings. The molecular formula is C24H18N4O4S. The van der Waals surface area contributed by atoms with E-state index >= 15 is 0 Å². The van der Waals surface area contributed by atoms with E-state index in [2.05, 4.69) is 9.97 Å². The molecule has 1 aliphatic rings. The predicted molar refractivity (Wildman–Crippen MR) is 123 cm³/mol. The Hall–Kier alpha value is -4.11. The fourth-order valence-electron chi connectivity index (χ4n) is 3.68. The zero-order chi connectivity index (χ0) is 22.9. The highest BCUT2D eigenvalue weighted by molar-refractivity contribution is 7.22. The van der Waals surface area contributed by atoms with Crippen LogP contribution in [0.3, 0.4) is 0 Å². The number of anilines is 1. The molecule has 0 aliphatic carbocycles. The van der Waals surface area contributed by atoms with Gasteiger partial charge in [0.25, 0.3) is 11.8 Å². The number of nitrogens with zero attached hydrogens (tertiary/aromatic N) is 4. The molecule has 5 rings (SSSR count). The van der Waals surface area contributed by atoms with E-state index in [9.17, 15) is 14.4 Å². The van der Waals surface area contributed by atoms with E-state index in [4.69, 9.17) is 4.74 Å². The second kappa shape index (κ2) is 8.44. The van der Waals surface area contributed by atoms with Crippen molar-refractivity contribution in [3.8, 4) is 5.75 Å². The van der Waals surface area contributed by atoms with Gasteiger partial charge in [-0.1, -0.05) is 29.5 Å². The number of carbonyl (C=O) groups is 3. The first-order chi connectivity index (χ1) is 16.0. The number of pyridine rings is 1. The normalized spacial score (nSPS) is 12.8. The number of imide groups is 1. The maximum absolute atomic E-state index is 13.4. The number of thiazole rings is 1. The van der Waals surface area contributed by atoms with E-state index in [0.29, 0.717) is 27.5 Å². The zero-order valence-electron chi connectivity index (χ0n) is 17.6. The van der Waals surface area contributed by atoms with Crippen LogP contribution < -0.4 is 9.64 Å². The van der Waals surface area contributed by atoms with Crippen molar-refractivity contribution in [3.63, 3.8) is 0 Å². The Labute approximate surface area is 193 Å². The van der Waals surface area contributed by atoms with Gasteiger partial charge in [0.1, 0.15) is 12.3 Å². The van der Waals surface area contributed by atoms with Crippen LogP contribution in [0.25, 0.3) is 10.2 Å². The molecule has 164 valence electrons. The summed E-state index contributed by atoms with van der Waals surface area (Å²) < 4.78 is 6.16. The molecule has 3 amide bonds. The third-order valence-corrected chi connectivity index (χ3v) is 6.41. The Kier molecular flexibility index (Phi) is 5.31. The molecule has 2 aromatic heterocycles. The van der Waals surface area contributed by atoms with Crippen molar-refractivity contribution in [2.75, 3.05) is 18.6 Å². The number of fused-ring (bicyclic) bond motifs is 2. The monoisotopic (exact) mass is 458 g/mol. The number of hydrogen-bond donors (Lipinski definition) is 0. The van der Waals surface area contributed by atoms with Crippen molar-refractivity contribution >= 4 is 44.4 Å². The van der Waals surface area contributed by atoms with Gasteiger partial charge in [0.2, 0.25) is 5.91 Å². The lowest BCUT2D eigenvalue weighted by atomic mass is 10.1. The van der Waals surface area contributed by atoms with E-state index in [1.807, 2.05) is 18.2 Å². The first-order valence-electron chi connectivity index (χ1n) is 10.1. The van der Waals surface area contributed by atoms with Gasteiger partial charge < -0.3 is 4.74 Å². The van der Waals surface area contributed by atoms with Crippen molar-refractivity contribution in [2.45, 2.75) is 6.54 Å². The molecule has 0 unspecified atom stereocenters. The van der Waals surface area contributed by atoms with Crippen molar-refractivity contribution in [3.05, 3.63) is 83.7 Å². The smallest absolute Gasteiger partial charge is 0.262 e. The maximum atomic E-state index is 13.4. The molecule has 0 radical (unpaired) electrons. The standard InChI is InChI=1S/C24H18N4O4S/c1-32-16-8-9-20-19(11-16)26-24(33-20)27(13-15-5-4-10-25-12-15)21(29)14-28-22(30)17-6-2-3-7-18(17)23(28)31/h2-12H,13-14H2,1H3. The van der Waals surface area contributed by atoms with Gasteiger partial charge in [-0.3, -0.25) is 29.2 Å². The maximum Gasteiger partial charge on any atom is 0.262 e. The minimum atomic E-state index is -0.473. The summed E-state index contributed by atoms with van der Waals surface area (Å²) in [6, 6.07) is 15.7. The Bertz CT molecular complexity index is 1350. The lowest BCUT2D eigenvalue weighted by Gasteiger charge is -2.22. The van der Waals surface area contributed by atoms with Gasteiger partial charge in [-0.2, -0.15) is 0 Å². The number of hydrogen-bond acceptors (Lipinski definition) is 7. The molecule has 8 nitrogen and oxygen atoms in total. The van der Waals surface area contributed by atoms with E-state index in [-0.39, 0.29) is 13.1 Å². The highest BCUT2D eigenvalue weighted by atomic mass is 32.1. The Morgan fingerprint density at radius 2 is 1.82 bits per heavy atom. The van der Waals surface area contributed by atoms with Gasteiger partial charge in [0.05, 0.1) is 35.0 Å². The van der Waals surface area contributed by atoms with Crippen LogP contribution in [0.5, 0.6) is 5.75 Å². The number of carbonyl (C=O) groups excluding carboxylic acids is 3. The third-order valence-electron chi connectivity index (χ3n) is 5.35. The van der Waals surface area contributed by atoms with Crippen LogP contribution in [0.15, 0.2) is 67.0 Å². The molecule has 33 heavy (non-hydrogen) atoms. The third kappa shape index (κ3) is 3.83. The lowest BCUT2D eigenvalue weighted by molar-refractivity contribution is -0.119. The average molecular weight is 458 g/mol. The van der Waals surface area contributed by atoms with Gasteiger partial charge >= 0.3 is 0 Å². The Morgan fingerprint density at radius 3 is 2.48 bits per heavy atom. The molecule has 0 N–H and O–H groups in total. The zero-order valence-corrected chi connectivity index (χ0v) is 18.4. The highest BCUT2D eigenvalue weighted by Crippen LogP contribution is 2.32. The minimum Gasteiger partial charge on any atom is -0.497 e. The molecule has 0 spiro atoms. The molecule has 0 bridgehead atoms. The quantitative estimate of drug-likeness (QED) is 0.411. The van der Waals surface area contributed by atoms with Crippen LogP contribution in [0.2, 0.25) is 0 Å². The summed E-state index contributed by atoms with van der Waals surface area (Å²) in [6.07, 6.45) is 3.32. The topological polar surface area (TPSA) is 92.7 Å². The summed E-state index contributed by atoms with van der Waals surface area (Å²) in [4.78, 5) is 50.2. The largest absolute Gasteiger partial charge is 0.497 e. The van der Waals surface area contributed by atoms with Gasteiger partial charge in [-0.05, 0) is 35.9 Å². The summed E-state index contributed by atoms with van der Waals surface area (Å²) >= 11 is 1.35. The Morgan fingerprint density at radius 1 is 1.06 bits per heavy atom. The second-order valence-corrected chi connectivity index (χ2v) is 8.42. The average Bonchev–Trinajstić information content (AvgIpc) is 3.37. The van der Waals surface area contributed by atoms with Gasteiger partial charge in [0, 0.05) is 18.5 Å². The van der Waals surface area contributed by atoms with E-state index < -0.39 is 17.7 Å². The van der Waals surface area contributed by atoms with Crippen LogP contribution in [-0.4, -0.2) is 46.2 Å². The van der Waals surface area contributed by atoms with Crippen LogP contribution in [-0.2, 0) is 11.3 Å². The molecule has 1 aliphatic heterocycles. The molecule has 4 aromatic rings. The van der Waals surface area contributed by atoms with E-state index in [1.165, 1.54) is 16.2 Å². The Balaban J connectivity index is 1.48. The molecule has 0 saturated heterocycles. The first kappa shape index (κ1) is 20.8. The first-order valence-corrected chi connectivity index (χ1v) is 11.0.